The van der Waals surface area contributed by atoms with Crippen molar-refractivity contribution in [1.82, 2.24) is 4.90 Å². The largest absolute Gasteiger partial charge is 0.445 e. The summed E-state index contributed by atoms with van der Waals surface area (Å²) in [6, 6.07) is 19.1. The van der Waals surface area contributed by atoms with Crippen LogP contribution in [0.1, 0.15) is 11.1 Å². The van der Waals surface area contributed by atoms with Gasteiger partial charge in [0.05, 0.1) is 19.2 Å². The smallest absolute Gasteiger partial charge is 0.410 e. The minimum atomic E-state index is -0.407. The van der Waals surface area contributed by atoms with E-state index in [0.29, 0.717) is 6.54 Å². The number of nitrogens with zero attached hydrogens (tertiary/aromatic N) is 1. The fourth-order valence-electron chi connectivity index (χ4n) is 2.67. The Morgan fingerprint density at radius 1 is 1.09 bits per heavy atom. The minimum Gasteiger partial charge on any atom is -0.445 e. The molecule has 0 radical (unpaired) electrons. The zero-order valence-electron chi connectivity index (χ0n) is 12.8. The highest BCUT2D eigenvalue weighted by Crippen LogP contribution is 2.25. The maximum absolute atomic E-state index is 12.3. The van der Waals surface area contributed by atoms with Crippen LogP contribution in [0.4, 0.5) is 4.79 Å². The number of hydrogen-bond donors (Lipinski definition) is 1. The van der Waals surface area contributed by atoms with Gasteiger partial charge in [0.2, 0.25) is 0 Å². The van der Waals surface area contributed by atoms with E-state index in [9.17, 15) is 9.90 Å². The molecule has 0 fully saturated rings. The normalized spacial score (nSPS) is 17.0. The maximum atomic E-state index is 12.3. The van der Waals surface area contributed by atoms with Gasteiger partial charge in [0, 0.05) is 0 Å². The number of benzene rings is 2. The van der Waals surface area contributed by atoms with Gasteiger partial charge in [-0.3, -0.25) is 4.90 Å². The van der Waals surface area contributed by atoms with E-state index in [0.717, 1.165) is 16.7 Å². The van der Waals surface area contributed by atoms with Crippen molar-refractivity contribution >= 4 is 11.7 Å². The van der Waals surface area contributed by atoms with Crippen LogP contribution < -0.4 is 0 Å². The van der Waals surface area contributed by atoms with E-state index in [1.807, 2.05) is 66.7 Å². The molecule has 4 nitrogen and oxygen atoms in total. The summed E-state index contributed by atoms with van der Waals surface area (Å²) < 4.78 is 5.37. The maximum Gasteiger partial charge on any atom is 0.410 e. The lowest BCUT2D eigenvalue weighted by atomic mass is 10.1. The Bertz CT molecular complexity index is 682. The van der Waals surface area contributed by atoms with Crippen molar-refractivity contribution in [1.29, 1.82) is 0 Å². The molecule has 1 amide bonds. The van der Waals surface area contributed by atoms with Crippen molar-refractivity contribution in [3.8, 4) is 0 Å². The Morgan fingerprint density at radius 3 is 2.39 bits per heavy atom. The lowest BCUT2D eigenvalue weighted by molar-refractivity contribution is 0.0844. The van der Waals surface area contributed by atoms with Crippen molar-refractivity contribution in [3.05, 3.63) is 77.9 Å². The Morgan fingerprint density at radius 2 is 1.74 bits per heavy atom. The molecule has 0 spiro atoms. The molecule has 0 aromatic heterocycles. The molecule has 2 aromatic rings. The SMILES string of the molecule is O=C(OCc1ccccc1)N1CC(c2ccccc2)=C[C@H]1CO. The Kier molecular flexibility index (Phi) is 4.74. The first kappa shape index (κ1) is 15.3. The van der Waals surface area contributed by atoms with Gasteiger partial charge in [0.1, 0.15) is 6.61 Å². The summed E-state index contributed by atoms with van der Waals surface area (Å²) in [6.07, 6.45) is 1.52. The van der Waals surface area contributed by atoms with E-state index in [2.05, 4.69) is 0 Å². The number of carbonyl (C=O) groups excluding carboxylic acids is 1. The average Bonchev–Trinajstić information content (AvgIpc) is 3.06. The molecule has 3 rings (SSSR count). The van der Waals surface area contributed by atoms with Gasteiger partial charge in [-0.05, 0) is 16.7 Å². The van der Waals surface area contributed by atoms with Crippen LogP contribution in [0.25, 0.3) is 5.57 Å². The van der Waals surface area contributed by atoms with Crippen LogP contribution in [0.2, 0.25) is 0 Å². The number of ether oxygens (including phenoxy) is 1. The molecular formula is C19H19NO3. The molecule has 1 aliphatic heterocycles. The van der Waals surface area contributed by atoms with E-state index in [-0.39, 0.29) is 19.3 Å². The van der Waals surface area contributed by atoms with Crippen LogP contribution in [-0.2, 0) is 11.3 Å². The molecule has 1 heterocycles. The van der Waals surface area contributed by atoms with E-state index in [1.54, 1.807) is 4.90 Å². The van der Waals surface area contributed by atoms with Crippen LogP contribution in [0.3, 0.4) is 0 Å². The first-order valence-electron chi connectivity index (χ1n) is 7.62. The van der Waals surface area contributed by atoms with E-state index >= 15 is 0 Å². The molecule has 23 heavy (non-hydrogen) atoms. The highest BCUT2D eigenvalue weighted by molar-refractivity contribution is 5.78. The monoisotopic (exact) mass is 309 g/mol. The number of carbonyl (C=O) groups is 1. The summed E-state index contributed by atoms with van der Waals surface area (Å²) in [4.78, 5) is 13.9. The molecule has 0 aliphatic carbocycles. The van der Waals surface area contributed by atoms with Crippen molar-refractivity contribution in [2.24, 2.45) is 0 Å². The summed E-state index contributed by atoms with van der Waals surface area (Å²) in [6.45, 7) is 0.564. The van der Waals surface area contributed by atoms with Gasteiger partial charge in [-0.2, -0.15) is 0 Å². The summed E-state index contributed by atoms with van der Waals surface area (Å²) in [5.41, 5.74) is 3.03. The highest BCUT2D eigenvalue weighted by atomic mass is 16.6. The first-order chi connectivity index (χ1) is 11.3. The third-order valence-electron chi connectivity index (χ3n) is 3.91. The highest BCUT2D eigenvalue weighted by Gasteiger charge is 2.30. The van der Waals surface area contributed by atoms with E-state index in [1.165, 1.54) is 0 Å². The van der Waals surface area contributed by atoms with Crippen molar-refractivity contribution < 1.29 is 14.6 Å². The summed E-state index contributed by atoms with van der Waals surface area (Å²) in [5, 5.41) is 9.54. The Balaban J connectivity index is 1.65. The number of aliphatic hydroxyl groups is 1. The standard InChI is InChI=1S/C19H19NO3/c21-13-18-11-17(16-9-5-2-6-10-16)12-20(18)19(22)23-14-15-7-3-1-4-8-15/h1-11,18,21H,12-14H2/t18-/m0/s1. The van der Waals surface area contributed by atoms with Crippen LogP contribution in [0.15, 0.2) is 66.7 Å². The zero-order valence-corrected chi connectivity index (χ0v) is 12.8. The fourth-order valence-corrected chi connectivity index (χ4v) is 2.67. The first-order valence-corrected chi connectivity index (χ1v) is 7.62. The van der Waals surface area contributed by atoms with Gasteiger partial charge in [0.15, 0.2) is 0 Å². The topological polar surface area (TPSA) is 49.8 Å². The van der Waals surface area contributed by atoms with Crippen LogP contribution in [0.5, 0.6) is 0 Å². The molecule has 0 unspecified atom stereocenters. The predicted molar refractivity (Wildman–Crippen MR) is 88.6 cm³/mol. The zero-order chi connectivity index (χ0) is 16.1. The summed E-state index contributed by atoms with van der Waals surface area (Å²) in [5.74, 6) is 0. The molecule has 1 atom stereocenters. The van der Waals surface area contributed by atoms with Gasteiger partial charge < -0.3 is 9.84 Å². The summed E-state index contributed by atoms with van der Waals surface area (Å²) in [7, 11) is 0. The molecule has 4 heteroatoms. The molecule has 1 N–H and O–H groups in total. The van der Waals surface area contributed by atoms with Gasteiger partial charge in [0.25, 0.3) is 0 Å². The third kappa shape index (κ3) is 3.60. The Hall–Kier alpha value is -2.59. The quantitative estimate of drug-likeness (QED) is 0.944. The van der Waals surface area contributed by atoms with Crippen LogP contribution in [-0.4, -0.2) is 35.3 Å². The second-order valence-electron chi connectivity index (χ2n) is 5.48. The van der Waals surface area contributed by atoms with Gasteiger partial charge in [-0.25, -0.2) is 4.79 Å². The molecule has 0 bridgehead atoms. The third-order valence-corrected chi connectivity index (χ3v) is 3.91. The second-order valence-corrected chi connectivity index (χ2v) is 5.48. The predicted octanol–water partition coefficient (Wildman–Crippen LogP) is 3.08. The van der Waals surface area contributed by atoms with Crippen molar-refractivity contribution in [2.45, 2.75) is 12.6 Å². The lowest BCUT2D eigenvalue weighted by Crippen LogP contribution is -2.38. The van der Waals surface area contributed by atoms with Gasteiger partial charge >= 0.3 is 6.09 Å². The van der Waals surface area contributed by atoms with Crippen LogP contribution >= 0.6 is 0 Å². The number of amides is 1. The molecule has 0 saturated heterocycles. The molecular weight excluding hydrogens is 290 g/mol. The van der Waals surface area contributed by atoms with E-state index < -0.39 is 6.09 Å². The Labute approximate surface area is 135 Å². The molecule has 1 aliphatic rings. The molecule has 0 saturated carbocycles. The number of aliphatic hydroxyl groups excluding tert-OH is 1. The minimum absolute atomic E-state index is 0.114. The van der Waals surface area contributed by atoms with Gasteiger partial charge in [-0.15, -0.1) is 0 Å². The fraction of sp³-hybridized carbons (Fsp3) is 0.211. The van der Waals surface area contributed by atoms with Gasteiger partial charge in [-0.1, -0.05) is 66.7 Å². The average molecular weight is 309 g/mol. The van der Waals surface area contributed by atoms with Crippen molar-refractivity contribution in [3.63, 3.8) is 0 Å². The van der Waals surface area contributed by atoms with Crippen LogP contribution in [0, 0.1) is 0 Å². The summed E-state index contributed by atoms with van der Waals surface area (Å²) >= 11 is 0. The lowest BCUT2D eigenvalue weighted by Gasteiger charge is -2.22. The molecule has 118 valence electrons. The number of rotatable bonds is 4. The van der Waals surface area contributed by atoms with E-state index in [4.69, 9.17) is 4.74 Å². The van der Waals surface area contributed by atoms with Crippen molar-refractivity contribution in [2.75, 3.05) is 13.2 Å². The molecule has 2 aromatic carbocycles. The number of hydrogen-bond acceptors (Lipinski definition) is 3. The second kappa shape index (κ2) is 7.11.